The highest BCUT2D eigenvalue weighted by molar-refractivity contribution is 8.16. The van der Waals surface area contributed by atoms with Crippen LogP contribution in [0.3, 0.4) is 0 Å². The van der Waals surface area contributed by atoms with Crippen LogP contribution in [0.15, 0.2) is 23.2 Å². The number of anilines is 1. The van der Waals surface area contributed by atoms with Gasteiger partial charge in [-0.15, -0.1) is 0 Å². The van der Waals surface area contributed by atoms with Gasteiger partial charge in [0.05, 0.1) is 28.7 Å². The molecule has 1 aromatic carbocycles. The Morgan fingerprint density at radius 3 is 2.07 bits per heavy atom. The quantitative estimate of drug-likeness (QED) is 0.614. The number of thioether (sulfide) groups is 1. The number of halogens is 6. The first kappa shape index (κ1) is 21.5. The van der Waals surface area contributed by atoms with Gasteiger partial charge < -0.3 is 4.90 Å². The molecule has 0 radical (unpaired) electrons. The molecule has 2 aliphatic heterocycles. The number of hydrogen-bond donors (Lipinski definition) is 0. The first-order valence-corrected chi connectivity index (χ1v) is 11.5. The Hall–Kier alpha value is -1.76. The van der Waals surface area contributed by atoms with Crippen molar-refractivity contribution >= 4 is 38.4 Å². The van der Waals surface area contributed by atoms with Gasteiger partial charge in [0.1, 0.15) is 0 Å². The third-order valence-corrected chi connectivity index (χ3v) is 8.26. The summed E-state index contributed by atoms with van der Waals surface area (Å²) in [6.07, 6.45) is -8.87. The Kier molecular flexibility index (Phi) is 4.92. The summed E-state index contributed by atoms with van der Waals surface area (Å²) in [7, 11) is -3.53. The molecule has 2 unspecified atom stereocenters. The topological polar surface area (TPSA) is 66.8 Å². The monoisotopic (exact) mass is 472 g/mol. The summed E-state index contributed by atoms with van der Waals surface area (Å²) in [4.78, 5) is 17.1. The lowest BCUT2D eigenvalue weighted by atomic mass is 10.1. The minimum Gasteiger partial charge on any atom is -0.316 e. The van der Waals surface area contributed by atoms with Crippen molar-refractivity contribution < 1.29 is 39.6 Å². The second-order valence-corrected chi connectivity index (χ2v) is 10.8. The van der Waals surface area contributed by atoms with Crippen LogP contribution < -0.4 is 4.90 Å². The molecular formula is C17H14F6N2O3S2. The van der Waals surface area contributed by atoms with Crippen molar-refractivity contribution in [1.82, 2.24) is 0 Å². The molecule has 3 fully saturated rings. The number of carbonyl (C=O) groups is 1. The van der Waals surface area contributed by atoms with Gasteiger partial charge in [-0.2, -0.15) is 31.3 Å². The number of fused-ring (bicyclic) bond motifs is 1. The maximum Gasteiger partial charge on any atom is 0.416 e. The minimum atomic E-state index is -5.05. The average molecular weight is 472 g/mol. The summed E-state index contributed by atoms with van der Waals surface area (Å²) >= 11 is 0.900. The maximum absolute atomic E-state index is 13.3. The van der Waals surface area contributed by atoms with Gasteiger partial charge in [0.25, 0.3) is 5.91 Å². The number of aliphatic imine (C=N–C) groups is 1. The highest BCUT2D eigenvalue weighted by Crippen LogP contribution is 2.45. The van der Waals surface area contributed by atoms with Crippen molar-refractivity contribution in [2.24, 2.45) is 10.9 Å². The predicted molar refractivity (Wildman–Crippen MR) is 97.9 cm³/mol. The smallest absolute Gasteiger partial charge is 0.316 e. The van der Waals surface area contributed by atoms with Gasteiger partial charge in [0.2, 0.25) is 0 Å². The Morgan fingerprint density at radius 2 is 1.57 bits per heavy atom. The van der Waals surface area contributed by atoms with Crippen molar-refractivity contribution in [2.75, 3.05) is 16.4 Å². The standard InChI is InChI=1S/C17H14F6N2O3S2/c18-16(19,20)9-3-10(17(21,22)23)5-11(4-9)25-12-6-30(27,28)7-13(12)29-15(25)24-14(26)8-1-2-8/h3-5,8,12-13H,1-2,6-7H2. The average Bonchev–Trinajstić information content (AvgIpc) is 3.33. The SMILES string of the molecule is O=C(N=C1SC2CS(=O)(=O)CC2N1c1cc(C(F)(F)F)cc(C(F)(F)F)c1)C1CC1. The van der Waals surface area contributed by atoms with E-state index in [-0.39, 0.29) is 22.9 Å². The molecule has 1 aliphatic carbocycles. The molecule has 0 bridgehead atoms. The largest absolute Gasteiger partial charge is 0.416 e. The zero-order valence-electron chi connectivity index (χ0n) is 15.0. The van der Waals surface area contributed by atoms with E-state index in [9.17, 15) is 39.6 Å². The third kappa shape index (κ3) is 4.18. The Labute approximate surface area is 171 Å². The van der Waals surface area contributed by atoms with E-state index in [0.29, 0.717) is 25.0 Å². The number of amides is 1. The molecule has 2 saturated heterocycles. The fraction of sp³-hybridized carbons (Fsp3) is 0.529. The lowest BCUT2D eigenvalue weighted by molar-refractivity contribution is -0.143. The predicted octanol–water partition coefficient (Wildman–Crippen LogP) is 3.74. The highest BCUT2D eigenvalue weighted by atomic mass is 32.2. The summed E-state index contributed by atoms with van der Waals surface area (Å²) in [5, 5.41) is -0.700. The number of sulfone groups is 1. The fourth-order valence-corrected chi connectivity index (χ4v) is 7.38. The van der Waals surface area contributed by atoms with E-state index >= 15 is 0 Å². The van der Waals surface area contributed by atoms with Crippen LogP contribution in [-0.2, 0) is 27.0 Å². The van der Waals surface area contributed by atoms with Crippen LogP contribution in [0.25, 0.3) is 0 Å². The van der Waals surface area contributed by atoms with Crippen molar-refractivity contribution in [3.63, 3.8) is 0 Å². The van der Waals surface area contributed by atoms with E-state index in [2.05, 4.69) is 4.99 Å². The van der Waals surface area contributed by atoms with E-state index in [0.717, 1.165) is 16.7 Å². The number of hydrogen-bond acceptors (Lipinski definition) is 4. The van der Waals surface area contributed by atoms with Crippen LogP contribution in [0.1, 0.15) is 24.0 Å². The Morgan fingerprint density at radius 1 is 1.00 bits per heavy atom. The molecule has 30 heavy (non-hydrogen) atoms. The fourth-order valence-electron chi connectivity index (χ4n) is 3.46. The molecule has 2 atom stereocenters. The van der Waals surface area contributed by atoms with Gasteiger partial charge in [-0.1, -0.05) is 11.8 Å². The first-order valence-electron chi connectivity index (χ1n) is 8.83. The summed E-state index contributed by atoms with van der Waals surface area (Å²) in [6, 6.07) is 0.151. The van der Waals surface area contributed by atoms with E-state index in [1.807, 2.05) is 0 Å². The highest BCUT2D eigenvalue weighted by Gasteiger charge is 2.50. The summed E-state index contributed by atoms with van der Waals surface area (Å²) in [6.45, 7) is 0. The number of benzene rings is 1. The van der Waals surface area contributed by atoms with Crippen LogP contribution in [-0.4, -0.2) is 42.3 Å². The van der Waals surface area contributed by atoms with Crippen molar-refractivity contribution in [1.29, 1.82) is 0 Å². The molecule has 0 aromatic heterocycles. The normalized spacial score (nSPS) is 27.5. The maximum atomic E-state index is 13.3. The number of amidine groups is 1. The second-order valence-electron chi connectivity index (χ2n) is 7.44. The molecule has 2 heterocycles. The Bertz CT molecular complexity index is 999. The lowest BCUT2D eigenvalue weighted by Crippen LogP contribution is -2.38. The van der Waals surface area contributed by atoms with Gasteiger partial charge in [-0.3, -0.25) is 4.79 Å². The number of rotatable bonds is 2. The van der Waals surface area contributed by atoms with Gasteiger partial charge >= 0.3 is 12.4 Å². The zero-order chi connectivity index (χ0) is 22.1. The van der Waals surface area contributed by atoms with Crippen molar-refractivity contribution in [2.45, 2.75) is 36.5 Å². The van der Waals surface area contributed by atoms with Crippen LogP contribution in [0, 0.1) is 5.92 Å². The number of carbonyl (C=O) groups excluding carboxylic acids is 1. The van der Waals surface area contributed by atoms with Gasteiger partial charge in [-0.05, 0) is 31.0 Å². The molecule has 1 aromatic rings. The van der Waals surface area contributed by atoms with E-state index < -0.39 is 62.0 Å². The number of nitrogens with zero attached hydrogens (tertiary/aromatic N) is 2. The molecular weight excluding hydrogens is 458 g/mol. The second kappa shape index (κ2) is 6.87. The molecule has 1 saturated carbocycles. The molecule has 13 heteroatoms. The summed E-state index contributed by atoms with van der Waals surface area (Å²) in [5.74, 6) is -1.55. The van der Waals surface area contributed by atoms with Crippen LogP contribution in [0.5, 0.6) is 0 Å². The van der Waals surface area contributed by atoms with Crippen molar-refractivity contribution in [3.05, 3.63) is 29.3 Å². The van der Waals surface area contributed by atoms with Gasteiger partial charge in [0.15, 0.2) is 15.0 Å². The summed E-state index contributed by atoms with van der Waals surface area (Å²) < 4.78 is 104. The van der Waals surface area contributed by atoms with E-state index in [1.54, 1.807) is 0 Å². The van der Waals surface area contributed by atoms with Crippen LogP contribution in [0.2, 0.25) is 0 Å². The molecule has 0 N–H and O–H groups in total. The van der Waals surface area contributed by atoms with E-state index in [4.69, 9.17) is 0 Å². The molecule has 3 aliphatic rings. The minimum absolute atomic E-state index is 0.00174. The van der Waals surface area contributed by atoms with Crippen molar-refractivity contribution in [3.8, 4) is 0 Å². The van der Waals surface area contributed by atoms with E-state index in [1.165, 1.54) is 0 Å². The van der Waals surface area contributed by atoms with Crippen LogP contribution in [0.4, 0.5) is 32.0 Å². The number of alkyl halides is 6. The third-order valence-electron chi connectivity index (χ3n) is 5.05. The first-order chi connectivity index (χ1) is 13.7. The molecule has 5 nitrogen and oxygen atoms in total. The molecule has 0 spiro atoms. The lowest BCUT2D eigenvalue weighted by Gasteiger charge is -2.26. The zero-order valence-corrected chi connectivity index (χ0v) is 16.6. The van der Waals surface area contributed by atoms with Gasteiger partial charge in [-0.25, -0.2) is 8.42 Å². The molecule has 4 rings (SSSR count). The molecule has 1 amide bonds. The summed E-state index contributed by atoms with van der Waals surface area (Å²) in [5.41, 5.74) is -3.53. The Balaban J connectivity index is 1.84. The van der Waals surface area contributed by atoms with Gasteiger partial charge in [0, 0.05) is 16.9 Å². The molecule has 164 valence electrons. The van der Waals surface area contributed by atoms with Crippen LogP contribution >= 0.6 is 11.8 Å².